The van der Waals surface area contributed by atoms with Crippen LogP contribution >= 0.6 is 0 Å². The summed E-state index contributed by atoms with van der Waals surface area (Å²) in [5.41, 5.74) is 9.11. The Balaban J connectivity index is 1.65. The molecule has 2 N–H and O–H groups in total. The van der Waals surface area contributed by atoms with Gasteiger partial charge in [0, 0.05) is 17.8 Å². The molecule has 0 amide bonds. The van der Waals surface area contributed by atoms with Crippen LogP contribution in [-0.2, 0) is 11.2 Å². The third-order valence-electron chi connectivity index (χ3n) is 5.78. The zero-order valence-electron chi connectivity index (χ0n) is 14.4. The maximum Gasteiger partial charge on any atom is 0.213 e. The maximum atomic E-state index is 9.51. The van der Waals surface area contributed by atoms with E-state index >= 15 is 0 Å². The topological polar surface area (TPSA) is 94.0 Å². The molecular weight excluding hydrogens is 316 g/mol. The van der Waals surface area contributed by atoms with E-state index in [2.05, 4.69) is 16.0 Å². The van der Waals surface area contributed by atoms with E-state index in [4.69, 9.17) is 15.2 Å². The molecule has 2 aliphatic heterocycles. The number of fused-ring (bicyclic) bond motifs is 4. The van der Waals surface area contributed by atoms with Crippen LogP contribution in [0.25, 0.3) is 11.0 Å². The molecule has 0 unspecified atom stereocenters. The molecule has 0 aromatic carbocycles. The van der Waals surface area contributed by atoms with Gasteiger partial charge in [-0.15, -0.1) is 0 Å². The maximum absolute atomic E-state index is 9.51. The normalized spacial score (nSPS) is 28.0. The number of aromatic nitrogens is 2. The number of pyridine rings is 2. The van der Waals surface area contributed by atoms with E-state index in [-0.39, 0.29) is 11.1 Å². The molecule has 5 rings (SSSR count). The average molecular weight is 338 g/mol. The summed E-state index contributed by atoms with van der Waals surface area (Å²) in [6.07, 6.45) is 7.26. The highest BCUT2D eigenvalue weighted by Crippen LogP contribution is 2.45. The smallest absolute Gasteiger partial charge is 0.213 e. The molecule has 2 aromatic heterocycles. The van der Waals surface area contributed by atoms with Crippen LogP contribution in [-0.4, -0.2) is 34.8 Å². The van der Waals surface area contributed by atoms with E-state index in [0.717, 1.165) is 55.1 Å². The second-order valence-electron chi connectivity index (χ2n) is 7.32. The van der Waals surface area contributed by atoms with Crippen molar-refractivity contribution < 1.29 is 9.47 Å². The minimum atomic E-state index is -0.127. The van der Waals surface area contributed by atoms with Gasteiger partial charge in [0.1, 0.15) is 6.07 Å². The highest BCUT2D eigenvalue weighted by atomic mass is 16.5. The quantitative estimate of drug-likeness (QED) is 0.920. The number of hydrogen-bond donors (Lipinski definition) is 1. The summed E-state index contributed by atoms with van der Waals surface area (Å²) in [7, 11) is 1.59. The van der Waals surface area contributed by atoms with Crippen molar-refractivity contribution in [2.75, 3.05) is 13.7 Å². The lowest BCUT2D eigenvalue weighted by molar-refractivity contribution is -0.156. The molecule has 0 radical (unpaired) electrons. The van der Waals surface area contributed by atoms with Crippen molar-refractivity contribution in [1.82, 2.24) is 9.97 Å². The Labute approximate surface area is 147 Å². The van der Waals surface area contributed by atoms with E-state index in [9.17, 15) is 5.26 Å². The predicted molar refractivity (Wildman–Crippen MR) is 93.2 cm³/mol. The molecule has 2 saturated heterocycles. The Morgan fingerprint density at radius 2 is 2.12 bits per heavy atom. The van der Waals surface area contributed by atoms with Crippen LogP contribution in [0.5, 0.6) is 5.88 Å². The molecule has 6 heteroatoms. The Morgan fingerprint density at radius 1 is 1.32 bits per heavy atom. The minimum Gasteiger partial charge on any atom is -0.481 e. The van der Waals surface area contributed by atoms with Gasteiger partial charge in [0.25, 0.3) is 0 Å². The third kappa shape index (κ3) is 2.84. The van der Waals surface area contributed by atoms with Gasteiger partial charge in [0.05, 0.1) is 35.9 Å². The Kier molecular flexibility index (Phi) is 3.86. The average Bonchev–Trinajstić information content (AvgIpc) is 2.66. The molecule has 130 valence electrons. The number of methoxy groups -OCH3 is 1. The van der Waals surface area contributed by atoms with Gasteiger partial charge in [-0.25, -0.2) is 4.98 Å². The van der Waals surface area contributed by atoms with Gasteiger partial charge in [-0.3, -0.25) is 4.98 Å². The summed E-state index contributed by atoms with van der Waals surface area (Å²) in [5, 5.41) is 9.51. The monoisotopic (exact) mass is 338 g/mol. The molecular formula is C19H22N4O2. The number of nitriles is 1. The van der Waals surface area contributed by atoms with Crippen LogP contribution in [0.2, 0.25) is 0 Å². The Hall–Kier alpha value is -2.23. The van der Waals surface area contributed by atoms with Crippen LogP contribution in [0.1, 0.15) is 43.2 Å². The first kappa shape index (κ1) is 16.2. The van der Waals surface area contributed by atoms with Crippen LogP contribution in [0.4, 0.5) is 0 Å². The van der Waals surface area contributed by atoms with Gasteiger partial charge in [-0.1, -0.05) is 0 Å². The molecule has 4 heterocycles. The lowest BCUT2D eigenvalue weighted by atomic mass is 9.70. The van der Waals surface area contributed by atoms with E-state index in [1.165, 1.54) is 0 Å². The lowest BCUT2D eigenvalue weighted by Gasteiger charge is -2.51. The predicted octanol–water partition coefficient (Wildman–Crippen LogP) is 2.48. The molecule has 1 aliphatic carbocycles. The van der Waals surface area contributed by atoms with Crippen molar-refractivity contribution in [3.8, 4) is 11.9 Å². The van der Waals surface area contributed by atoms with Gasteiger partial charge in [-0.2, -0.15) is 5.26 Å². The molecule has 1 saturated carbocycles. The summed E-state index contributed by atoms with van der Waals surface area (Å²) in [6.45, 7) is 0.640. The van der Waals surface area contributed by atoms with Gasteiger partial charge in [0.2, 0.25) is 5.88 Å². The van der Waals surface area contributed by atoms with E-state index < -0.39 is 0 Å². The standard InChI is InChI=1S/C19H22N4O2/c1-24-16-3-2-15-17(23-16)14(13(10-20)11-22-15)4-5-19-8-6-18(21,7-9-19)12-25-19/h2-3,11H,4-9,12,21H2,1H3. The number of nitrogens with zero attached hydrogens (tertiary/aromatic N) is 3. The third-order valence-corrected chi connectivity index (χ3v) is 5.78. The first-order chi connectivity index (χ1) is 12.1. The first-order valence-corrected chi connectivity index (χ1v) is 8.72. The molecule has 3 fully saturated rings. The van der Waals surface area contributed by atoms with E-state index in [1.807, 2.05) is 6.07 Å². The fourth-order valence-corrected chi connectivity index (χ4v) is 4.03. The van der Waals surface area contributed by atoms with Crippen molar-refractivity contribution in [3.05, 3.63) is 29.5 Å². The van der Waals surface area contributed by atoms with Crippen LogP contribution < -0.4 is 10.5 Å². The van der Waals surface area contributed by atoms with E-state index in [0.29, 0.717) is 18.1 Å². The lowest BCUT2D eigenvalue weighted by Crippen LogP contribution is -2.59. The molecule has 0 spiro atoms. The van der Waals surface area contributed by atoms with Gasteiger partial charge in [-0.05, 0) is 50.2 Å². The summed E-state index contributed by atoms with van der Waals surface area (Å²) in [5.74, 6) is 0.531. The van der Waals surface area contributed by atoms with Crippen LogP contribution in [0, 0.1) is 11.3 Å². The first-order valence-electron chi connectivity index (χ1n) is 8.72. The highest BCUT2D eigenvalue weighted by Gasteiger charge is 2.47. The number of ether oxygens (including phenoxy) is 2. The summed E-state index contributed by atoms with van der Waals surface area (Å²) < 4.78 is 11.4. The second-order valence-corrected chi connectivity index (χ2v) is 7.32. The number of hydrogen-bond acceptors (Lipinski definition) is 6. The number of aryl methyl sites for hydroxylation is 1. The fraction of sp³-hybridized carbons (Fsp3) is 0.526. The fourth-order valence-electron chi connectivity index (χ4n) is 4.03. The van der Waals surface area contributed by atoms with Crippen LogP contribution in [0.3, 0.4) is 0 Å². The zero-order valence-corrected chi connectivity index (χ0v) is 14.4. The molecule has 6 nitrogen and oxygen atoms in total. The SMILES string of the molecule is COc1ccc2ncc(C#N)c(CCC34CCC(N)(CC3)CO4)c2n1. The molecule has 2 aromatic rings. The van der Waals surface area contributed by atoms with Gasteiger partial charge < -0.3 is 15.2 Å². The molecule has 0 atom stereocenters. The van der Waals surface area contributed by atoms with Crippen molar-refractivity contribution >= 4 is 11.0 Å². The molecule has 25 heavy (non-hydrogen) atoms. The number of rotatable bonds is 4. The van der Waals surface area contributed by atoms with Crippen molar-refractivity contribution in [2.45, 2.75) is 49.7 Å². The molecule has 2 bridgehead atoms. The number of nitrogens with two attached hydrogens (primary N) is 1. The second kappa shape index (κ2) is 5.94. The van der Waals surface area contributed by atoms with Crippen molar-refractivity contribution in [3.63, 3.8) is 0 Å². The zero-order chi connectivity index (χ0) is 17.5. The summed E-state index contributed by atoms with van der Waals surface area (Å²) in [6, 6.07) is 5.92. The van der Waals surface area contributed by atoms with Crippen LogP contribution in [0.15, 0.2) is 18.3 Å². The summed E-state index contributed by atoms with van der Waals surface area (Å²) in [4.78, 5) is 8.89. The summed E-state index contributed by atoms with van der Waals surface area (Å²) >= 11 is 0. The van der Waals surface area contributed by atoms with E-state index in [1.54, 1.807) is 19.4 Å². The van der Waals surface area contributed by atoms with Gasteiger partial charge >= 0.3 is 0 Å². The van der Waals surface area contributed by atoms with Crippen molar-refractivity contribution in [2.24, 2.45) is 5.73 Å². The van der Waals surface area contributed by atoms with Crippen molar-refractivity contribution in [1.29, 1.82) is 5.26 Å². The van der Waals surface area contributed by atoms with Gasteiger partial charge in [0.15, 0.2) is 0 Å². The Bertz CT molecular complexity index is 834. The Morgan fingerprint density at radius 3 is 2.76 bits per heavy atom. The molecule has 3 aliphatic rings. The highest BCUT2D eigenvalue weighted by molar-refractivity contribution is 5.80. The largest absolute Gasteiger partial charge is 0.481 e. The minimum absolute atomic E-state index is 0.109.